The van der Waals surface area contributed by atoms with Crippen molar-refractivity contribution in [3.63, 3.8) is 0 Å². The maximum Gasteiger partial charge on any atom is 0.218 e. The topological polar surface area (TPSA) is 35.5 Å². The number of rotatable bonds is 2. The van der Waals surface area contributed by atoms with Gasteiger partial charge in [-0.1, -0.05) is 24.6 Å². The summed E-state index contributed by atoms with van der Waals surface area (Å²) in [5, 5.41) is 0. The van der Waals surface area contributed by atoms with Gasteiger partial charge in [-0.05, 0) is 43.4 Å². The quantitative estimate of drug-likeness (QED) is 0.831. The van der Waals surface area contributed by atoms with Gasteiger partial charge < -0.3 is 9.47 Å². The summed E-state index contributed by atoms with van der Waals surface area (Å²) in [7, 11) is 0. The van der Waals surface area contributed by atoms with Gasteiger partial charge in [0.1, 0.15) is 0 Å². The minimum Gasteiger partial charge on any atom is -0.345 e. The molecule has 1 fully saturated rings. The Labute approximate surface area is 120 Å². The molecule has 108 valence electrons. The van der Waals surface area contributed by atoms with Crippen LogP contribution in [0.3, 0.4) is 0 Å². The SMILES string of the molecule is CCC(=O)C1OCC2c3cc(C)cc(C)c3CCC2O1. The first kappa shape index (κ1) is 13.8. The van der Waals surface area contributed by atoms with Gasteiger partial charge in [0.15, 0.2) is 5.78 Å². The van der Waals surface area contributed by atoms with E-state index in [0.29, 0.717) is 13.0 Å². The molecule has 0 saturated carbocycles. The van der Waals surface area contributed by atoms with Crippen LogP contribution in [0.25, 0.3) is 0 Å². The highest BCUT2D eigenvalue weighted by atomic mass is 16.7. The van der Waals surface area contributed by atoms with Gasteiger partial charge in [-0.15, -0.1) is 0 Å². The lowest BCUT2D eigenvalue weighted by Gasteiger charge is -2.40. The second kappa shape index (κ2) is 5.30. The third-order valence-electron chi connectivity index (χ3n) is 4.52. The lowest BCUT2D eigenvalue weighted by Crippen LogP contribution is -2.44. The van der Waals surface area contributed by atoms with Gasteiger partial charge in [-0.2, -0.15) is 0 Å². The van der Waals surface area contributed by atoms with Crippen LogP contribution in [0.1, 0.15) is 47.9 Å². The Bertz CT molecular complexity index is 535. The molecule has 1 aromatic rings. The fourth-order valence-corrected chi connectivity index (χ4v) is 3.48. The van der Waals surface area contributed by atoms with Crippen LogP contribution in [0.2, 0.25) is 0 Å². The molecular weight excluding hydrogens is 252 g/mol. The average Bonchev–Trinajstić information content (AvgIpc) is 2.45. The highest BCUT2D eigenvalue weighted by molar-refractivity contribution is 5.81. The molecule has 3 heteroatoms. The molecule has 0 spiro atoms. The fourth-order valence-electron chi connectivity index (χ4n) is 3.48. The molecular formula is C17H22O3. The lowest BCUT2D eigenvalue weighted by atomic mass is 9.78. The van der Waals surface area contributed by atoms with E-state index in [4.69, 9.17) is 9.47 Å². The van der Waals surface area contributed by atoms with Crippen LogP contribution in [0.15, 0.2) is 12.1 Å². The first-order chi connectivity index (χ1) is 9.60. The number of carbonyl (C=O) groups excluding carboxylic acids is 1. The number of aryl methyl sites for hydroxylation is 2. The van der Waals surface area contributed by atoms with E-state index in [2.05, 4.69) is 26.0 Å². The molecule has 1 aliphatic carbocycles. The van der Waals surface area contributed by atoms with Gasteiger partial charge in [0.05, 0.1) is 12.7 Å². The van der Waals surface area contributed by atoms with E-state index in [1.165, 1.54) is 22.3 Å². The highest BCUT2D eigenvalue weighted by Gasteiger charge is 2.39. The van der Waals surface area contributed by atoms with Crippen LogP contribution < -0.4 is 0 Å². The molecule has 0 N–H and O–H groups in total. The maximum atomic E-state index is 11.7. The number of hydrogen-bond acceptors (Lipinski definition) is 3. The van der Waals surface area contributed by atoms with E-state index in [1.54, 1.807) is 0 Å². The van der Waals surface area contributed by atoms with Crippen molar-refractivity contribution in [2.75, 3.05) is 6.61 Å². The molecule has 0 aromatic heterocycles. The van der Waals surface area contributed by atoms with Crippen molar-refractivity contribution in [3.05, 3.63) is 34.4 Å². The molecule has 3 nitrogen and oxygen atoms in total. The predicted molar refractivity (Wildman–Crippen MR) is 76.9 cm³/mol. The van der Waals surface area contributed by atoms with Crippen LogP contribution >= 0.6 is 0 Å². The number of ketones is 1. The Morgan fingerprint density at radius 2 is 2.15 bits per heavy atom. The van der Waals surface area contributed by atoms with Gasteiger partial charge in [-0.3, -0.25) is 4.79 Å². The van der Waals surface area contributed by atoms with E-state index >= 15 is 0 Å². The largest absolute Gasteiger partial charge is 0.345 e. The molecule has 1 saturated heterocycles. The van der Waals surface area contributed by atoms with Gasteiger partial charge in [0.2, 0.25) is 6.29 Å². The Kier molecular flexibility index (Phi) is 3.65. The molecule has 0 bridgehead atoms. The van der Waals surface area contributed by atoms with Crippen LogP contribution in [-0.2, 0) is 20.7 Å². The summed E-state index contributed by atoms with van der Waals surface area (Å²) in [6.45, 7) is 6.76. The number of fused-ring (bicyclic) bond motifs is 3. The summed E-state index contributed by atoms with van der Waals surface area (Å²) >= 11 is 0. The summed E-state index contributed by atoms with van der Waals surface area (Å²) < 4.78 is 11.6. The van der Waals surface area contributed by atoms with Crippen molar-refractivity contribution in [1.82, 2.24) is 0 Å². The minimum atomic E-state index is -0.645. The summed E-state index contributed by atoms with van der Waals surface area (Å²) in [6, 6.07) is 4.50. The molecule has 0 amide bonds. The minimum absolute atomic E-state index is 0.0506. The molecule has 1 aliphatic heterocycles. The highest BCUT2D eigenvalue weighted by Crippen LogP contribution is 2.39. The number of benzene rings is 1. The van der Waals surface area contributed by atoms with E-state index in [-0.39, 0.29) is 17.8 Å². The van der Waals surface area contributed by atoms with Gasteiger partial charge in [-0.25, -0.2) is 0 Å². The third kappa shape index (κ3) is 2.29. The zero-order valence-electron chi connectivity index (χ0n) is 12.4. The zero-order chi connectivity index (χ0) is 14.3. The molecule has 2 aliphatic rings. The molecule has 1 heterocycles. The molecule has 1 aromatic carbocycles. The van der Waals surface area contributed by atoms with Crippen LogP contribution in [0.4, 0.5) is 0 Å². The maximum absolute atomic E-state index is 11.7. The Morgan fingerprint density at radius 3 is 2.90 bits per heavy atom. The van der Waals surface area contributed by atoms with E-state index < -0.39 is 6.29 Å². The Hall–Kier alpha value is -1.19. The third-order valence-corrected chi connectivity index (χ3v) is 4.52. The van der Waals surface area contributed by atoms with E-state index in [9.17, 15) is 4.79 Å². The van der Waals surface area contributed by atoms with E-state index in [1.807, 2.05) is 6.92 Å². The number of Topliss-reactive ketones (excluding diaryl/α,β-unsaturated/α-hetero) is 1. The van der Waals surface area contributed by atoms with Crippen molar-refractivity contribution in [1.29, 1.82) is 0 Å². The molecule has 3 unspecified atom stereocenters. The van der Waals surface area contributed by atoms with Crippen LogP contribution in [0.5, 0.6) is 0 Å². The first-order valence-electron chi connectivity index (χ1n) is 7.50. The monoisotopic (exact) mass is 274 g/mol. The van der Waals surface area contributed by atoms with Crippen molar-refractivity contribution in [2.45, 2.75) is 58.3 Å². The second-order valence-electron chi connectivity index (χ2n) is 5.95. The molecule has 20 heavy (non-hydrogen) atoms. The Balaban J connectivity index is 1.87. The molecule has 3 rings (SSSR count). The van der Waals surface area contributed by atoms with Crippen LogP contribution in [-0.4, -0.2) is 24.8 Å². The number of ether oxygens (including phenoxy) is 2. The zero-order valence-corrected chi connectivity index (χ0v) is 12.4. The standard InChI is InChI=1S/C17H22O3/c1-4-15(18)17-19-9-14-13-8-10(2)7-11(3)12(13)5-6-16(14)20-17/h7-8,14,16-17H,4-6,9H2,1-3H3. The van der Waals surface area contributed by atoms with Gasteiger partial charge in [0, 0.05) is 12.3 Å². The second-order valence-corrected chi connectivity index (χ2v) is 5.95. The predicted octanol–water partition coefficient (Wildman–Crippen LogP) is 3.05. The summed E-state index contributed by atoms with van der Waals surface area (Å²) in [5.41, 5.74) is 5.46. The van der Waals surface area contributed by atoms with Crippen molar-refractivity contribution in [2.24, 2.45) is 0 Å². The smallest absolute Gasteiger partial charge is 0.218 e. The van der Waals surface area contributed by atoms with Gasteiger partial charge in [0.25, 0.3) is 0 Å². The summed E-state index contributed by atoms with van der Waals surface area (Å²) in [4.78, 5) is 11.7. The lowest BCUT2D eigenvalue weighted by molar-refractivity contribution is -0.220. The van der Waals surface area contributed by atoms with Gasteiger partial charge >= 0.3 is 0 Å². The van der Waals surface area contributed by atoms with Crippen molar-refractivity contribution >= 4 is 5.78 Å². The number of hydrogen-bond donors (Lipinski definition) is 0. The summed E-state index contributed by atoms with van der Waals surface area (Å²) in [5.74, 6) is 0.327. The molecule has 0 radical (unpaired) electrons. The van der Waals surface area contributed by atoms with Crippen LogP contribution in [0, 0.1) is 13.8 Å². The fraction of sp³-hybridized carbons (Fsp3) is 0.588. The Morgan fingerprint density at radius 1 is 1.35 bits per heavy atom. The molecule has 3 atom stereocenters. The van der Waals surface area contributed by atoms with Crippen molar-refractivity contribution in [3.8, 4) is 0 Å². The average molecular weight is 274 g/mol. The number of carbonyl (C=O) groups is 1. The summed E-state index contributed by atoms with van der Waals surface area (Å²) in [6.07, 6.45) is 1.97. The van der Waals surface area contributed by atoms with E-state index in [0.717, 1.165) is 12.8 Å². The normalized spacial score (nSPS) is 28.6. The first-order valence-corrected chi connectivity index (χ1v) is 7.50. The van der Waals surface area contributed by atoms with Crippen molar-refractivity contribution < 1.29 is 14.3 Å².